The van der Waals surface area contributed by atoms with Crippen LogP contribution in [-0.2, 0) is 0 Å². The largest absolute Gasteiger partial charge is 0.314 e. The molecule has 1 fully saturated rings. The zero-order chi connectivity index (χ0) is 13.0. The molecule has 2 rings (SSSR count). The number of rotatable bonds is 3. The standard InChI is InChI=1S/C15H21Cl2N/c1-2-18-13-6-4-3-5-11(9-13)12-7-8-14(16)15(17)10-12/h7-8,10-11,13,18H,2-6,9H2,1H3. The van der Waals surface area contributed by atoms with Gasteiger partial charge in [0.15, 0.2) is 0 Å². The molecule has 18 heavy (non-hydrogen) atoms. The molecule has 100 valence electrons. The zero-order valence-electron chi connectivity index (χ0n) is 10.9. The van der Waals surface area contributed by atoms with Gasteiger partial charge in [0.2, 0.25) is 0 Å². The van der Waals surface area contributed by atoms with E-state index in [1.807, 2.05) is 12.1 Å². The predicted octanol–water partition coefficient (Wildman–Crippen LogP) is 5.02. The Morgan fingerprint density at radius 2 is 1.94 bits per heavy atom. The SMILES string of the molecule is CCNC1CCCCC(c2ccc(Cl)c(Cl)c2)C1. The molecule has 1 N–H and O–H groups in total. The summed E-state index contributed by atoms with van der Waals surface area (Å²) in [6.45, 7) is 3.23. The molecule has 3 heteroatoms. The highest BCUT2D eigenvalue weighted by molar-refractivity contribution is 6.42. The summed E-state index contributed by atoms with van der Waals surface area (Å²) >= 11 is 12.1. The first kappa shape index (κ1) is 14.2. The Bertz CT molecular complexity index is 392. The molecule has 2 atom stereocenters. The first-order valence-corrected chi connectivity index (χ1v) is 7.64. The minimum Gasteiger partial charge on any atom is -0.314 e. The van der Waals surface area contributed by atoms with Crippen LogP contribution in [0.2, 0.25) is 10.0 Å². The number of hydrogen-bond donors (Lipinski definition) is 1. The fourth-order valence-electron chi connectivity index (χ4n) is 2.90. The Labute approximate surface area is 120 Å². The Morgan fingerprint density at radius 3 is 2.67 bits per heavy atom. The molecule has 0 heterocycles. The summed E-state index contributed by atoms with van der Waals surface area (Å²) in [6, 6.07) is 6.75. The smallest absolute Gasteiger partial charge is 0.0595 e. The lowest BCUT2D eigenvalue weighted by Gasteiger charge is -2.21. The summed E-state index contributed by atoms with van der Waals surface area (Å²) in [7, 11) is 0. The van der Waals surface area contributed by atoms with Gasteiger partial charge < -0.3 is 5.32 Å². The maximum atomic E-state index is 6.12. The molecule has 2 unspecified atom stereocenters. The fraction of sp³-hybridized carbons (Fsp3) is 0.600. The molecule has 0 aromatic heterocycles. The van der Waals surface area contributed by atoms with E-state index >= 15 is 0 Å². The topological polar surface area (TPSA) is 12.0 Å². The molecule has 1 nitrogen and oxygen atoms in total. The van der Waals surface area contributed by atoms with Gasteiger partial charge in [0.25, 0.3) is 0 Å². The minimum absolute atomic E-state index is 0.617. The molecule has 0 spiro atoms. The molecule has 0 aliphatic heterocycles. The Kier molecular flexibility index (Phi) is 5.35. The number of hydrogen-bond acceptors (Lipinski definition) is 1. The van der Waals surface area contributed by atoms with E-state index in [0.29, 0.717) is 22.0 Å². The van der Waals surface area contributed by atoms with Gasteiger partial charge in [0.1, 0.15) is 0 Å². The third-order valence-electron chi connectivity index (χ3n) is 3.83. The lowest BCUT2D eigenvalue weighted by atomic mass is 9.90. The third kappa shape index (κ3) is 3.63. The monoisotopic (exact) mass is 285 g/mol. The predicted molar refractivity (Wildman–Crippen MR) is 79.8 cm³/mol. The lowest BCUT2D eigenvalue weighted by Crippen LogP contribution is -2.29. The van der Waals surface area contributed by atoms with Crippen LogP contribution >= 0.6 is 23.2 Å². The second-order valence-corrected chi connectivity index (χ2v) is 5.96. The highest BCUT2D eigenvalue weighted by Crippen LogP contribution is 2.34. The van der Waals surface area contributed by atoms with Gasteiger partial charge in [-0.1, -0.05) is 49.0 Å². The van der Waals surface area contributed by atoms with Crippen LogP contribution < -0.4 is 5.32 Å². The maximum absolute atomic E-state index is 6.12. The van der Waals surface area contributed by atoms with Gasteiger partial charge in [0, 0.05) is 6.04 Å². The molecule has 0 amide bonds. The van der Waals surface area contributed by atoms with Crippen molar-refractivity contribution in [2.75, 3.05) is 6.54 Å². The second-order valence-electron chi connectivity index (χ2n) is 5.15. The van der Waals surface area contributed by atoms with Crippen molar-refractivity contribution in [1.29, 1.82) is 0 Å². The minimum atomic E-state index is 0.617. The summed E-state index contributed by atoms with van der Waals surface area (Å²) < 4.78 is 0. The van der Waals surface area contributed by atoms with Crippen LogP contribution in [0.4, 0.5) is 0 Å². The van der Waals surface area contributed by atoms with Gasteiger partial charge >= 0.3 is 0 Å². The quantitative estimate of drug-likeness (QED) is 0.769. The van der Waals surface area contributed by atoms with Crippen molar-refractivity contribution in [3.05, 3.63) is 33.8 Å². The molecular weight excluding hydrogens is 265 g/mol. The van der Waals surface area contributed by atoms with Crippen LogP contribution in [0.3, 0.4) is 0 Å². The summed E-state index contributed by atoms with van der Waals surface area (Å²) in [6.07, 6.45) is 6.42. The molecular formula is C15H21Cl2N. The van der Waals surface area contributed by atoms with Crippen LogP contribution in [0.15, 0.2) is 18.2 Å². The van der Waals surface area contributed by atoms with Crippen LogP contribution in [-0.4, -0.2) is 12.6 Å². The average Bonchev–Trinajstić information content (AvgIpc) is 2.59. The van der Waals surface area contributed by atoms with Gasteiger partial charge in [-0.15, -0.1) is 0 Å². The van der Waals surface area contributed by atoms with Gasteiger partial charge in [-0.25, -0.2) is 0 Å². The highest BCUT2D eigenvalue weighted by atomic mass is 35.5. The highest BCUT2D eigenvalue weighted by Gasteiger charge is 2.21. The molecule has 1 saturated carbocycles. The van der Waals surface area contributed by atoms with Gasteiger partial charge in [0.05, 0.1) is 10.0 Å². The summed E-state index contributed by atoms with van der Waals surface area (Å²) in [5.74, 6) is 0.617. The van der Waals surface area contributed by atoms with Crippen LogP contribution in [0, 0.1) is 0 Å². The molecule has 1 aliphatic carbocycles. The van der Waals surface area contributed by atoms with Crippen molar-refractivity contribution in [1.82, 2.24) is 5.32 Å². The van der Waals surface area contributed by atoms with E-state index in [1.165, 1.54) is 37.7 Å². The van der Waals surface area contributed by atoms with Crippen molar-refractivity contribution in [3.8, 4) is 0 Å². The Balaban J connectivity index is 2.12. The molecule has 0 radical (unpaired) electrons. The number of benzene rings is 1. The number of nitrogens with one attached hydrogen (secondary N) is 1. The first-order valence-electron chi connectivity index (χ1n) is 6.89. The maximum Gasteiger partial charge on any atom is 0.0595 e. The van der Waals surface area contributed by atoms with Gasteiger partial charge in [-0.05, 0) is 49.4 Å². The van der Waals surface area contributed by atoms with Crippen molar-refractivity contribution in [2.45, 2.75) is 51.0 Å². The fourth-order valence-corrected chi connectivity index (χ4v) is 3.21. The van der Waals surface area contributed by atoms with Gasteiger partial charge in [-0.2, -0.15) is 0 Å². The third-order valence-corrected chi connectivity index (χ3v) is 4.57. The lowest BCUT2D eigenvalue weighted by molar-refractivity contribution is 0.449. The van der Waals surface area contributed by atoms with Crippen molar-refractivity contribution < 1.29 is 0 Å². The van der Waals surface area contributed by atoms with E-state index in [2.05, 4.69) is 18.3 Å². The van der Waals surface area contributed by atoms with Crippen molar-refractivity contribution in [3.63, 3.8) is 0 Å². The average molecular weight is 286 g/mol. The van der Waals surface area contributed by atoms with Crippen LogP contribution in [0.5, 0.6) is 0 Å². The summed E-state index contributed by atoms with van der Waals surface area (Å²) in [5.41, 5.74) is 1.34. The Hall–Kier alpha value is -0.240. The summed E-state index contributed by atoms with van der Waals surface area (Å²) in [5, 5.41) is 4.92. The van der Waals surface area contributed by atoms with E-state index in [1.54, 1.807) is 0 Å². The molecule has 0 saturated heterocycles. The van der Waals surface area contributed by atoms with Gasteiger partial charge in [-0.3, -0.25) is 0 Å². The van der Waals surface area contributed by atoms with E-state index < -0.39 is 0 Å². The van der Waals surface area contributed by atoms with Crippen LogP contribution in [0.25, 0.3) is 0 Å². The molecule has 1 aromatic carbocycles. The first-order chi connectivity index (χ1) is 8.70. The van der Waals surface area contributed by atoms with E-state index in [9.17, 15) is 0 Å². The van der Waals surface area contributed by atoms with Crippen molar-refractivity contribution in [2.24, 2.45) is 0 Å². The number of halogens is 2. The van der Waals surface area contributed by atoms with E-state index in [0.717, 1.165) is 6.54 Å². The normalized spacial score (nSPS) is 24.8. The Morgan fingerprint density at radius 1 is 1.17 bits per heavy atom. The molecule has 0 bridgehead atoms. The molecule has 1 aromatic rings. The summed E-state index contributed by atoms with van der Waals surface area (Å²) in [4.78, 5) is 0. The van der Waals surface area contributed by atoms with E-state index in [-0.39, 0.29) is 0 Å². The zero-order valence-corrected chi connectivity index (χ0v) is 12.4. The second kappa shape index (κ2) is 6.79. The molecule has 1 aliphatic rings. The van der Waals surface area contributed by atoms with Crippen LogP contribution in [0.1, 0.15) is 50.5 Å². The van der Waals surface area contributed by atoms with Crippen molar-refractivity contribution >= 4 is 23.2 Å². The van der Waals surface area contributed by atoms with E-state index in [4.69, 9.17) is 23.2 Å².